The summed E-state index contributed by atoms with van der Waals surface area (Å²) in [6.45, 7) is 2.00. The van der Waals surface area contributed by atoms with Crippen LogP contribution < -0.4 is 5.56 Å². The van der Waals surface area contributed by atoms with Crippen LogP contribution in [-0.2, 0) is 39.8 Å². The van der Waals surface area contributed by atoms with Crippen LogP contribution in [0.15, 0.2) is 41.3 Å². The predicted molar refractivity (Wildman–Crippen MR) is 60.7 cm³/mol. The molecule has 1 heterocycles. The Kier molecular flexibility index (Phi) is 4.63. The van der Waals surface area contributed by atoms with Gasteiger partial charge in [-0.05, 0) is 0 Å². The van der Waals surface area contributed by atoms with E-state index >= 15 is 0 Å². The number of benzene rings is 1. The van der Waals surface area contributed by atoms with E-state index in [4.69, 9.17) is 0 Å². The van der Waals surface area contributed by atoms with E-state index in [1.807, 2.05) is 37.4 Å². The molecule has 0 aliphatic carbocycles. The molecular formula is C13H12NOY-. The SMILES string of the molecule is Cc1[c-]cc(-c2ccc(=O)n(C)c2)cc1.[Y]. The Hall–Kier alpha value is -0.726. The number of rotatable bonds is 1. The van der Waals surface area contributed by atoms with Gasteiger partial charge in [-0.25, -0.2) is 0 Å². The van der Waals surface area contributed by atoms with Gasteiger partial charge in [-0.15, -0.1) is 5.56 Å². The van der Waals surface area contributed by atoms with Gasteiger partial charge in [0.1, 0.15) is 0 Å². The maximum atomic E-state index is 11.2. The molecule has 79 valence electrons. The van der Waals surface area contributed by atoms with Gasteiger partial charge in [0.25, 0.3) is 0 Å². The van der Waals surface area contributed by atoms with Crippen molar-refractivity contribution in [2.45, 2.75) is 6.92 Å². The fraction of sp³-hybridized carbons (Fsp3) is 0.154. The number of aryl methyl sites for hydroxylation is 2. The van der Waals surface area contributed by atoms with Crippen molar-refractivity contribution in [1.82, 2.24) is 4.57 Å². The number of nitrogens with zero attached hydrogens (tertiary/aromatic N) is 1. The van der Waals surface area contributed by atoms with Crippen molar-refractivity contribution < 1.29 is 32.7 Å². The summed E-state index contributed by atoms with van der Waals surface area (Å²) in [5.74, 6) is 0. The summed E-state index contributed by atoms with van der Waals surface area (Å²) in [4.78, 5) is 11.2. The Morgan fingerprint density at radius 2 is 1.81 bits per heavy atom. The van der Waals surface area contributed by atoms with Crippen LogP contribution in [0.1, 0.15) is 5.56 Å². The molecule has 0 spiro atoms. The molecule has 16 heavy (non-hydrogen) atoms. The zero-order valence-electron chi connectivity index (χ0n) is 9.40. The third-order valence-electron chi connectivity index (χ3n) is 2.39. The first-order valence-corrected chi connectivity index (χ1v) is 4.82. The minimum Gasteiger partial charge on any atom is -0.319 e. The van der Waals surface area contributed by atoms with E-state index in [0.29, 0.717) is 0 Å². The number of aromatic nitrogens is 1. The summed E-state index contributed by atoms with van der Waals surface area (Å²) < 4.78 is 1.58. The molecule has 1 aromatic heterocycles. The van der Waals surface area contributed by atoms with E-state index in [1.165, 1.54) is 0 Å². The van der Waals surface area contributed by atoms with Crippen LogP contribution >= 0.6 is 0 Å². The summed E-state index contributed by atoms with van der Waals surface area (Å²) in [5.41, 5.74) is 3.24. The maximum absolute atomic E-state index is 11.2. The molecule has 3 heteroatoms. The van der Waals surface area contributed by atoms with Crippen LogP contribution in [-0.4, -0.2) is 4.57 Å². The molecule has 0 fully saturated rings. The van der Waals surface area contributed by atoms with Crippen molar-refractivity contribution in [3.05, 3.63) is 58.5 Å². The largest absolute Gasteiger partial charge is 0.319 e. The monoisotopic (exact) mass is 287 g/mol. The molecule has 1 aromatic carbocycles. The van der Waals surface area contributed by atoms with Gasteiger partial charge in [0.2, 0.25) is 5.56 Å². The molecular weight excluding hydrogens is 275 g/mol. The van der Waals surface area contributed by atoms with Gasteiger partial charge < -0.3 is 4.57 Å². The zero-order valence-corrected chi connectivity index (χ0v) is 12.2. The average Bonchev–Trinajstić information content (AvgIpc) is 2.23. The van der Waals surface area contributed by atoms with Crippen molar-refractivity contribution >= 4 is 0 Å². The molecule has 1 radical (unpaired) electrons. The predicted octanol–water partition coefficient (Wildman–Crippen LogP) is 2.16. The summed E-state index contributed by atoms with van der Waals surface area (Å²) >= 11 is 0. The van der Waals surface area contributed by atoms with Crippen LogP contribution in [0.2, 0.25) is 0 Å². The Bertz CT molecular complexity index is 528. The van der Waals surface area contributed by atoms with E-state index in [9.17, 15) is 4.79 Å². The van der Waals surface area contributed by atoms with Crippen molar-refractivity contribution in [3.8, 4) is 11.1 Å². The smallest absolute Gasteiger partial charge is 0.250 e. The number of hydrogen-bond donors (Lipinski definition) is 0. The standard InChI is InChI=1S/C13H12NO.Y/c1-10-3-5-11(6-4-10)12-7-8-13(15)14(2)9-12;/h3,5-9H,1-2H3;/q-1;. The fourth-order valence-corrected chi connectivity index (χ4v) is 1.45. The van der Waals surface area contributed by atoms with Gasteiger partial charge >= 0.3 is 0 Å². The molecule has 0 aliphatic rings. The summed E-state index contributed by atoms with van der Waals surface area (Å²) in [6.07, 6.45) is 1.83. The molecule has 0 saturated heterocycles. The molecule has 0 aliphatic heterocycles. The molecule has 0 N–H and O–H groups in total. The fourth-order valence-electron chi connectivity index (χ4n) is 1.45. The van der Waals surface area contributed by atoms with E-state index in [2.05, 4.69) is 6.07 Å². The summed E-state index contributed by atoms with van der Waals surface area (Å²) in [5, 5.41) is 0. The van der Waals surface area contributed by atoms with Crippen LogP contribution in [0.3, 0.4) is 0 Å². The quantitative estimate of drug-likeness (QED) is 0.737. The molecule has 0 unspecified atom stereocenters. The van der Waals surface area contributed by atoms with Crippen molar-refractivity contribution in [2.24, 2.45) is 7.05 Å². The molecule has 0 bridgehead atoms. The normalized spacial score (nSPS) is 9.62. The second-order valence-electron chi connectivity index (χ2n) is 3.63. The number of pyridine rings is 1. The topological polar surface area (TPSA) is 22.0 Å². The van der Waals surface area contributed by atoms with Gasteiger partial charge in [0, 0.05) is 52.0 Å². The Morgan fingerprint density at radius 3 is 2.38 bits per heavy atom. The zero-order chi connectivity index (χ0) is 10.8. The average molecular weight is 287 g/mol. The van der Waals surface area contributed by atoms with Crippen LogP contribution in [0, 0.1) is 13.0 Å². The Balaban J connectivity index is 0.00000128. The molecule has 2 rings (SSSR count). The molecule has 2 nitrogen and oxygen atoms in total. The minimum absolute atomic E-state index is 0. The van der Waals surface area contributed by atoms with E-state index in [1.54, 1.807) is 17.7 Å². The maximum Gasteiger partial charge on any atom is 0.250 e. The van der Waals surface area contributed by atoms with Gasteiger partial charge in [0.15, 0.2) is 0 Å². The van der Waals surface area contributed by atoms with Crippen molar-refractivity contribution in [3.63, 3.8) is 0 Å². The van der Waals surface area contributed by atoms with E-state index in [-0.39, 0.29) is 38.3 Å². The second kappa shape index (κ2) is 5.56. The third-order valence-corrected chi connectivity index (χ3v) is 2.39. The molecule has 2 aromatic rings. The minimum atomic E-state index is 0. The summed E-state index contributed by atoms with van der Waals surface area (Å²) in [7, 11) is 1.75. The molecule has 0 amide bonds. The van der Waals surface area contributed by atoms with Gasteiger partial charge in [-0.2, -0.15) is 29.8 Å². The van der Waals surface area contributed by atoms with E-state index < -0.39 is 0 Å². The van der Waals surface area contributed by atoms with E-state index in [0.717, 1.165) is 16.7 Å². The van der Waals surface area contributed by atoms with Gasteiger partial charge in [0.05, 0.1) is 0 Å². The first-order chi connectivity index (χ1) is 7.16. The number of hydrogen-bond acceptors (Lipinski definition) is 1. The Morgan fingerprint density at radius 1 is 1.12 bits per heavy atom. The van der Waals surface area contributed by atoms with Crippen LogP contribution in [0.25, 0.3) is 11.1 Å². The van der Waals surface area contributed by atoms with Gasteiger partial charge in [-0.3, -0.25) is 4.79 Å². The van der Waals surface area contributed by atoms with Gasteiger partial charge in [-0.1, -0.05) is 18.6 Å². The first kappa shape index (κ1) is 13.3. The third kappa shape index (κ3) is 2.90. The molecule has 0 saturated carbocycles. The van der Waals surface area contributed by atoms with Crippen molar-refractivity contribution in [1.29, 1.82) is 0 Å². The summed E-state index contributed by atoms with van der Waals surface area (Å²) in [6, 6.07) is 12.5. The van der Waals surface area contributed by atoms with Crippen molar-refractivity contribution in [2.75, 3.05) is 0 Å². The first-order valence-electron chi connectivity index (χ1n) is 4.82. The second-order valence-corrected chi connectivity index (χ2v) is 3.63. The molecule has 0 atom stereocenters. The van der Waals surface area contributed by atoms with Crippen LogP contribution in [0.4, 0.5) is 0 Å². The Labute approximate surface area is 120 Å². The van der Waals surface area contributed by atoms with Crippen LogP contribution in [0.5, 0.6) is 0 Å².